The molecule has 9 heteroatoms. The van der Waals surface area contributed by atoms with Crippen LogP contribution in [0.3, 0.4) is 0 Å². The van der Waals surface area contributed by atoms with Crippen LogP contribution < -0.4 is 5.32 Å². The summed E-state index contributed by atoms with van der Waals surface area (Å²) in [4.78, 5) is 12.3. The molecule has 1 aliphatic heterocycles. The summed E-state index contributed by atoms with van der Waals surface area (Å²) < 4.78 is 76.8. The highest BCUT2D eigenvalue weighted by molar-refractivity contribution is 5.84. The first-order chi connectivity index (χ1) is 8.91. The van der Waals surface area contributed by atoms with Crippen LogP contribution in [-0.4, -0.2) is 48.8 Å². The van der Waals surface area contributed by atoms with E-state index in [1.807, 2.05) is 0 Å². The average Bonchev–Trinajstić information content (AvgIpc) is 2.72. The quantitative estimate of drug-likeness (QED) is 0.812. The van der Waals surface area contributed by atoms with Crippen molar-refractivity contribution in [1.29, 1.82) is 0 Å². The van der Waals surface area contributed by atoms with Crippen molar-refractivity contribution < 1.29 is 31.1 Å². The molecule has 20 heavy (non-hydrogen) atoms. The van der Waals surface area contributed by atoms with E-state index in [4.69, 9.17) is 0 Å². The SMILES string of the molecule is CC(C)N(CC(F)(F)F)C(=O)C1(C(F)(F)F)CCNC1. The maximum atomic E-state index is 13.2. The van der Waals surface area contributed by atoms with Crippen molar-refractivity contribution in [2.24, 2.45) is 5.41 Å². The van der Waals surface area contributed by atoms with E-state index in [-0.39, 0.29) is 11.4 Å². The lowest BCUT2D eigenvalue weighted by Crippen LogP contribution is -2.57. The molecular weight excluding hydrogens is 290 g/mol. The second kappa shape index (κ2) is 5.42. The third kappa shape index (κ3) is 3.36. The molecule has 0 radical (unpaired) electrons. The molecular formula is C11H16F6N2O. The number of amides is 1. The summed E-state index contributed by atoms with van der Waals surface area (Å²) >= 11 is 0. The van der Waals surface area contributed by atoms with Crippen LogP contribution in [0.25, 0.3) is 0 Å². The number of hydrogen-bond acceptors (Lipinski definition) is 2. The largest absolute Gasteiger partial charge is 0.406 e. The molecule has 118 valence electrons. The number of hydrogen-bond donors (Lipinski definition) is 1. The lowest BCUT2D eigenvalue weighted by atomic mass is 9.84. The van der Waals surface area contributed by atoms with Crippen molar-refractivity contribution in [3.8, 4) is 0 Å². The van der Waals surface area contributed by atoms with E-state index in [0.29, 0.717) is 0 Å². The zero-order valence-corrected chi connectivity index (χ0v) is 11.0. The summed E-state index contributed by atoms with van der Waals surface area (Å²) in [7, 11) is 0. The van der Waals surface area contributed by atoms with E-state index < -0.39 is 49.2 Å². The highest BCUT2D eigenvalue weighted by Crippen LogP contribution is 2.45. The maximum absolute atomic E-state index is 13.2. The molecule has 0 aromatic heterocycles. The Balaban J connectivity index is 3.09. The Morgan fingerprint density at radius 3 is 2.10 bits per heavy atom. The molecule has 1 N–H and O–H groups in total. The van der Waals surface area contributed by atoms with E-state index in [9.17, 15) is 31.1 Å². The van der Waals surface area contributed by atoms with E-state index in [0.717, 1.165) is 0 Å². The summed E-state index contributed by atoms with van der Waals surface area (Å²) in [6.07, 6.45) is -10.2. The molecule has 1 fully saturated rings. The van der Waals surface area contributed by atoms with E-state index in [1.54, 1.807) is 0 Å². The summed E-state index contributed by atoms with van der Waals surface area (Å²) in [5, 5.41) is 2.41. The molecule has 0 spiro atoms. The first-order valence-electron chi connectivity index (χ1n) is 6.06. The van der Waals surface area contributed by atoms with Gasteiger partial charge in [-0.2, -0.15) is 26.3 Å². The van der Waals surface area contributed by atoms with Crippen LogP contribution in [-0.2, 0) is 4.79 Å². The second-order valence-corrected chi connectivity index (χ2v) is 5.15. The molecule has 1 atom stereocenters. The van der Waals surface area contributed by atoms with Gasteiger partial charge in [-0.3, -0.25) is 4.79 Å². The Morgan fingerprint density at radius 1 is 1.25 bits per heavy atom. The molecule has 1 unspecified atom stereocenters. The van der Waals surface area contributed by atoms with Crippen LogP contribution in [0, 0.1) is 5.41 Å². The minimum Gasteiger partial charge on any atom is -0.330 e. The fourth-order valence-electron chi connectivity index (χ4n) is 2.19. The van der Waals surface area contributed by atoms with Crippen LogP contribution in [0.15, 0.2) is 0 Å². The number of rotatable bonds is 3. The van der Waals surface area contributed by atoms with Gasteiger partial charge in [-0.05, 0) is 26.8 Å². The van der Waals surface area contributed by atoms with Gasteiger partial charge in [-0.15, -0.1) is 0 Å². The van der Waals surface area contributed by atoms with Gasteiger partial charge in [0, 0.05) is 12.6 Å². The first-order valence-corrected chi connectivity index (χ1v) is 6.06. The van der Waals surface area contributed by atoms with Crippen molar-refractivity contribution in [2.45, 2.75) is 38.7 Å². The highest BCUT2D eigenvalue weighted by Gasteiger charge is 2.63. The molecule has 3 nitrogen and oxygen atoms in total. The number of halogens is 6. The average molecular weight is 306 g/mol. The van der Waals surface area contributed by atoms with Crippen LogP contribution in [0.5, 0.6) is 0 Å². The predicted molar refractivity (Wildman–Crippen MR) is 58.9 cm³/mol. The molecule has 0 aliphatic carbocycles. The topological polar surface area (TPSA) is 32.3 Å². The molecule has 0 bridgehead atoms. The van der Waals surface area contributed by atoms with Gasteiger partial charge in [-0.1, -0.05) is 0 Å². The van der Waals surface area contributed by atoms with Gasteiger partial charge in [-0.25, -0.2) is 0 Å². The van der Waals surface area contributed by atoms with Gasteiger partial charge in [0.15, 0.2) is 5.41 Å². The molecule has 1 heterocycles. The van der Waals surface area contributed by atoms with Gasteiger partial charge in [0.1, 0.15) is 6.54 Å². The van der Waals surface area contributed by atoms with E-state index in [1.165, 1.54) is 13.8 Å². The summed E-state index contributed by atoms with van der Waals surface area (Å²) in [6, 6.07) is -0.969. The van der Waals surface area contributed by atoms with E-state index >= 15 is 0 Å². The maximum Gasteiger partial charge on any atom is 0.406 e. The van der Waals surface area contributed by atoms with Gasteiger partial charge in [0.2, 0.25) is 5.91 Å². The minimum atomic E-state index is -4.88. The summed E-state index contributed by atoms with van der Waals surface area (Å²) in [5.41, 5.74) is -2.76. The van der Waals surface area contributed by atoms with Crippen LogP contribution >= 0.6 is 0 Å². The zero-order chi connectivity index (χ0) is 15.8. The molecule has 1 aliphatic rings. The molecule has 0 saturated carbocycles. The first kappa shape index (κ1) is 17.1. The number of carbonyl (C=O) groups excluding carboxylic acids is 1. The Labute approximate surface area is 112 Å². The third-order valence-electron chi connectivity index (χ3n) is 3.34. The standard InChI is InChI=1S/C11H16F6N2O/c1-7(2)19(6-10(12,13)14)8(20)9(11(15,16)17)3-4-18-5-9/h7,18H,3-6H2,1-2H3. The minimum absolute atomic E-state index is 0.0524. The van der Waals surface area contributed by atoms with Gasteiger partial charge < -0.3 is 10.2 Å². The van der Waals surface area contributed by atoms with Crippen molar-refractivity contribution in [3.63, 3.8) is 0 Å². The summed E-state index contributed by atoms with van der Waals surface area (Å²) in [6.45, 7) is 0.104. The Kier molecular flexibility index (Phi) is 4.62. The Hall–Kier alpha value is -0.990. The second-order valence-electron chi connectivity index (χ2n) is 5.15. The van der Waals surface area contributed by atoms with Crippen molar-refractivity contribution in [1.82, 2.24) is 10.2 Å². The number of nitrogens with zero attached hydrogens (tertiary/aromatic N) is 1. The van der Waals surface area contributed by atoms with Gasteiger partial charge in [0.25, 0.3) is 0 Å². The fraction of sp³-hybridized carbons (Fsp3) is 0.909. The molecule has 1 saturated heterocycles. The number of carbonyl (C=O) groups is 1. The normalized spacial score (nSPS) is 24.2. The molecule has 1 amide bonds. The highest BCUT2D eigenvalue weighted by atomic mass is 19.4. The lowest BCUT2D eigenvalue weighted by Gasteiger charge is -2.37. The van der Waals surface area contributed by atoms with E-state index in [2.05, 4.69) is 5.32 Å². The third-order valence-corrected chi connectivity index (χ3v) is 3.34. The van der Waals surface area contributed by atoms with Crippen molar-refractivity contribution in [2.75, 3.05) is 19.6 Å². The lowest BCUT2D eigenvalue weighted by molar-refractivity contribution is -0.227. The molecule has 1 rings (SSSR count). The number of nitrogens with one attached hydrogen (secondary N) is 1. The summed E-state index contributed by atoms with van der Waals surface area (Å²) in [5.74, 6) is -1.51. The van der Waals surface area contributed by atoms with Gasteiger partial charge in [0.05, 0.1) is 0 Å². The number of alkyl halides is 6. The smallest absolute Gasteiger partial charge is 0.330 e. The fourth-order valence-corrected chi connectivity index (χ4v) is 2.19. The van der Waals surface area contributed by atoms with Crippen molar-refractivity contribution >= 4 is 5.91 Å². The molecule has 0 aromatic carbocycles. The van der Waals surface area contributed by atoms with Crippen LogP contribution in [0.4, 0.5) is 26.3 Å². The van der Waals surface area contributed by atoms with Crippen LogP contribution in [0.2, 0.25) is 0 Å². The predicted octanol–water partition coefficient (Wildman–Crippen LogP) is 2.33. The van der Waals surface area contributed by atoms with Gasteiger partial charge >= 0.3 is 12.4 Å². The Bertz CT molecular complexity index is 357. The van der Waals surface area contributed by atoms with Crippen molar-refractivity contribution in [3.05, 3.63) is 0 Å². The monoisotopic (exact) mass is 306 g/mol. The Morgan fingerprint density at radius 2 is 1.80 bits per heavy atom. The molecule has 0 aromatic rings. The zero-order valence-electron chi connectivity index (χ0n) is 11.0. The van der Waals surface area contributed by atoms with Crippen LogP contribution in [0.1, 0.15) is 20.3 Å².